The summed E-state index contributed by atoms with van der Waals surface area (Å²) in [6.07, 6.45) is 2.56. The van der Waals surface area contributed by atoms with Gasteiger partial charge in [0.15, 0.2) is 0 Å². The van der Waals surface area contributed by atoms with Crippen LogP contribution in [0, 0.1) is 0 Å². The van der Waals surface area contributed by atoms with E-state index in [1.54, 1.807) is 24.3 Å². The van der Waals surface area contributed by atoms with Gasteiger partial charge < -0.3 is 20.9 Å². The van der Waals surface area contributed by atoms with E-state index in [4.69, 9.17) is 20.9 Å². The molecule has 4 nitrogen and oxygen atoms in total. The number of nitrogens with two attached hydrogens (primary N) is 2. The van der Waals surface area contributed by atoms with Crippen LogP contribution in [0.4, 0.5) is 11.4 Å². The predicted octanol–water partition coefficient (Wildman–Crippen LogP) is 5.16. The maximum absolute atomic E-state index is 5.93. The van der Waals surface area contributed by atoms with Crippen molar-refractivity contribution in [3.63, 3.8) is 0 Å². The first-order valence-corrected chi connectivity index (χ1v) is 7.94. The minimum Gasteiger partial charge on any atom is -0.457 e. The highest BCUT2D eigenvalue weighted by atomic mass is 16.5. The molecule has 0 amide bonds. The van der Waals surface area contributed by atoms with Crippen molar-refractivity contribution in [1.29, 1.82) is 0 Å². The average molecular weight is 332 g/mol. The number of anilines is 2. The molecular formula is C21H20N2O2. The lowest BCUT2D eigenvalue weighted by Crippen LogP contribution is -1.92. The molecule has 0 bridgehead atoms. The van der Waals surface area contributed by atoms with Crippen molar-refractivity contribution in [3.05, 3.63) is 84.9 Å². The molecule has 4 N–H and O–H groups in total. The fraction of sp³-hybridized carbons (Fsp3) is 0.0476. The first-order chi connectivity index (χ1) is 12.1. The Bertz CT molecular complexity index is 790. The van der Waals surface area contributed by atoms with Gasteiger partial charge in [0.25, 0.3) is 0 Å². The van der Waals surface area contributed by atoms with Gasteiger partial charge in [-0.25, -0.2) is 0 Å². The smallest absolute Gasteiger partial charge is 0.131 e. The van der Waals surface area contributed by atoms with Crippen molar-refractivity contribution in [2.45, 2.75) is 6.42 Å². The molecule has 0 saturated heterocycles. The second kappa shape index (κ2) is 7.45. The van der Waals surface area contributed by atoms with Crippen LogP contribution in [0.5, 0.6) is 23.0 Å². The van der Waals surface area contributed by atoms with Gasteiger partial charge >= 0.3 is 0 Å². The minimum atomic E-state index is 0.689. The van der Waals surface area contributed by atoms with E-state index >= 15 is 0 Å². The largest absolute Gasteiger partial charge is 0.457 e. The molecule has 0 atom stereocenters. The van der Waals surface area contributed by atoms with Gasteiger partial charge in [-0.05, 0) is 72.6 Å². The molecule has 0 fully saturated rings. The summed E-state index contributed by atoms with van der Waals surface area (Å²) in [7, 11) is 0. The van der Waals surface area contributed by atoms with E-state index in [2.05, 4.69) is 6.58 Å². The number of hydrogen-bond donors (Lipinski definition) is 2. The maximum Gasteiger partial charge on any atom is 0.131 e. The number of hydrogen-bond acceptors (Lipinski definition) is 4. The van der Waals surface area contributed by atoms with E-state index in [0.29, 0.717) is 34.4 Å². The summed E-state index contributed by atoms with van der Waals surface area (Å²) in [4.78, 5) is 0. The first kappa shape index (κ1) is 16.5. The molecule has 25 heavy (non-hydrogen) atoms. The van der Waals surface area contributed by atoms with Crippen LogP contribution in [0.3, 0.4) is 0 Å². The van der Waals surface area contributed by atoms with Crippen molar-refractivity contribution in [2.24, 2.45) is 0 Å². The Morgan fingerprint density at radius 2 is 1.12 bits per heavy atom. The zero-order valence-electron chi connectivity index (χ0n) is 13.8. The van der Waals surface area contributed by atoms with E-state index in [9.17, 15) is 0 Å². The number of benzene rings is 3. The fourth-order valence-electron chi connectivity index (χ4n) is 2.38. The van der Waals surface area contributed by atoms with Gasteiger partial charge in [-0.2, -0.15) is 0 Å². The van der Waals surface area contributed by atoms with Crippen LogP contribution in [0.2, 0.25) is 0 Å². The Kier molecular flexibility index (Phi) is 4.90. The summed E-state index contributed by atoms with van der Waals surface area (Å²) < 4.78 is 11.9. The topological polar surface area (TPSA) is 70.5 Å². The molecule has 0 saturated carbocycles. The third kappa shape index (κ3) is 4.54. The van der Waals surface area contributed by atoms with E-state index < -0.39 is 0 Å². The normalized spacial score (nSPS) is 10.2. The molecule has 0 heterocycles. The van der Waals surface area contributed by atoms with E-state index in [0.717, 1.165) is 12.0 Å². The Morgan fingerprint density at radius 3 is 1.52 bits per heavy atom. The molecule has 3 aromatic carbocycles. The lowest BCUT2D eigenvalue weighted by Gasteiger charge is -2.12. The molecule has 0 radical (unpaired) electrons. The monoisotopic (exact) mass is 332 g/mol. The van der Waals surface area contributed by atoms with Crippen molar-refractivity contribution in [1.82, 2.24) is 0 Å². The van der Waals surface area contributed by atoms with Crippen molar-refractivity contribution in [3.8, 4) is 23.0 Å². The molecule has 3 rings (SSSR count). The second-order valence-corrected chi connectivity index (χ2v) is 5.65. The number of allylic oxidation sites excluding steroid dienone is 1. The lowest BCUT2D eigenvalue weighted by molar-refractivity contribution is 0.459. The third-order valence-corrected chi connectivity index (χ3v) is 3.55. The molecule has 4 heteroatoms. The predicted molar refractivity (Wildman–Crippen MR) is 102 cm³/mol. The summed E-state index contributed by atoms with van der Waals surface area (Å²) in [5.74, 6) is 2.80. The molecule has 3 aromatic rings. The number of nitrogen functional groups attached to an aromatic ring is 2. The van der Waals surface area contributed by atoms with Gasteiger partial charge in [0.1, 0.15) is 23.0 Å². The number of rotatable bonds is 6. The van der Waals surface area contributed by atoms with Gasteiger partial charge in [0.05, 0.1) is 0 Å². The van der Waals surface area contributed by atoms with Crippen molar-refractivity contribution in [2.75, 3.05) is 11.5 Å². The SMILES string of the molecule is C=CCc1cc(Oc2ccc(N)cc2)cc(Oc2ccc(N)cc2)c1. The maximum atomic E-state index is 5.93. The zero-order valence-corrected chi connectivity index (χ0v) is 13.8. The van der Waals surface area contributed by atoms with Gasteiger partial charge in [0.2, 0.25) is 0 Å². The van der Waals surface area contributed by atoms with Crippen LogP contribution < -0.4 is 20.9 Å². The van der Waals surface area contributed by atoms with Crippen LogP contribution >= 0.6 is 0 Å². The van der Waals surface area contributed by atoms with Crippen LogP contribution in [0.25, 0.3) is 0 Å². The second-order valence-electron chi connectivity index (χ2n) is 5.65. The molecule has 126 valence electrons. The quantitative estimate of drug-likeness (QED) is 0.483. The summed E-state index contributed by atoms with van der Waals surface area (Å²) in [6, 6.07) is 20.3. The van der Waals surface area contributed by atoms with Crippen molar-refractivity contribution < 1.29 is 9.47 Å². The first-order valence-electron chi connectivity index (χ1n) is 7.94. The summed E-state index contributed by atoms with van der Waals surface area (Å²) >= 11 is 0. The average Bonchev–Trinajstić information content (AvgIpc) is 2.59. The van der Waals surface area contributed by atoms with Crippen LogP contribution in [-0.2, 0) is 6.42 Å². The van der Waals surface area contributed by atoms with Gasteiger partial charge in [0, 0.05) is 17.4 Å². The van der Waals surface area contributed by atoms with E-state index in [1.165, 1.54) is 0 Å². The summed E-state index contributed by atoms with van der Waals surface area (Å²) in [6.45, 7) is 3.79. The fourth-order valence-corrected chi connectivity index (χ4v) is 2.38. The highest BCUT2D eigenvalue weighted by Gasteiger charge is 2.06. The summed E-state index contributed by atoms with van der Waals surface area (Å²) in [5, 5.41) is 0. The van der Waals surface area contributed by atoms with Gasteiger partial charge in [-0.15, -0.1) is 6.58 Å². The van der Waals surface area contributed by atoms with Crippen molar-refractivity contribution >= 4 is 11.4 Å². The Balaban J connectivity index is 1.86. The third-order valence-electron chi connectivity index (χ3n) is 3.55. The molecule has 0 aromatic heterocycles. The Labute approximate surface area is 147 Å². The highest BCUT2D eigenvalue weighted by Crippen LogP contribution is 2.31. The van der Waals surface area contributed by atoms with Crippen LogP contribution in [0.15, 0.2) is 79.4 Å². The highest BCUT2D eigenvalue weighted by molar-refractivity contribution is 5.47. The molecule has 0 aliphatic carbocycles. The molecule has 0 aliphatic heterocycles. The molecule has 0 spiro atoms. The lowest BCUT2D eigenvalue weighted by atomic mass is 10.1. The zero-order chi connectivity index (χ0) is 17.6. The summed E-state index contributed by atoms with van der Waals surface area (Å²) in [5.41, 5.74) is 13.9. The minimum absolute atomic E-state index is 0.689. The molecule has 0 unspecified atom stereocenters. The van der Waals surface area contributed by atoms with E-state index in [-0.39, 0.29) is 0 Å². The number of ether oxygens (including phenoxy) is 2. The molecular weight excluding hydrogens is 312 g/mol. The Hall–Kier alpha value is -3.40. The Morgan fingerprint density at radius 1 is 0.680 bits per heavy atom. The van der Waals surface area contributed by atoms with Crippen LogP contribution in [-0.4, -0.2) is 0 Å². The van der Waals surface area contributed by atoms with Gasteiger partial charge in [-0.3, -0.25) is 0 Å². The van der Waals surface area contributed by atoms with E-state index in [1.807, 2.05) is 48.5 Å². The standard InChI is InChI=1S/C21H20N2O2/c1-2-3-15-12-20(24-18-8-4-16(22)5-9-18)14-21(13-15)25-19-10-6-17(23)7-11-19/h2,4-14H,1,3,22-23H2. The van der Waals surface area contributed by atoms with Gasteiger partial charge in [-0.1, -0.05) is 6.08 Å². The molecule has 0 aliphatic rings. The van der Waals surface area contributed by atoms with Crippen LogP contribution in [0.1, 0.15) is 5.56 Å².